The first-order valence-corrected chi connectivity index (χ1v) is 6.85. The number of carboxylic acids is 1. The lowest BCUT2D eigenvalue weighted by Crippen LogP contribution is -2.46. The summed E-state index contributed by atoms with van der Waals surface area (Å²) in [6.07, 6.45) is 1.32. The van der Waals surface area contributed by atoms with Gasteiger partial charge in [-0.15, -0.1) is 0 Å². The molecule has 8 nitrogen and oxygen atoms in total. The molecule has 2 heterocycles. The average Bonchev–Trinajstić information content (AvgIpc) is 2.82. The first-order chi connectivity index (χ1) is 9.97. The second kappa shape index (κ2) is 6.68. The number of carbonyl (C=O) groups is 2. The van der Waals surface area contributed by atoms with E-state index in [0.717, 1.165) is 13.1 Å². The summed E-state index contributed by atoms with van der Waals surface area (Å²) in [5, 5.41) is 15.8. The lowest BCUT2D eigenvalue weighted by Gasteiger charge is -2.29. The van der Waals surface area contributed by atoms with Gasteiger partial charge in [0.2, 0.25) is 0 Å². The number of carbonyl (C=O) groups excluding carboxylic acids is 1. The zero-order chi connectivity index (χ0) is 15.4. The molecule has 1 fully saturated rings. The highest BCUT2D eigenvalue weighted by molar-refractivity contribution is 6.03. The van der Waals surface area contributed by atoms with Crippen LogP contribution in [-0.2, 0) is 11.8 Å². The van der Waals surface area contributed by atoms with Crippen LogP contribution in [0.1, 0.15) is 27.8 Å². The molecular formula is C13H20N4O4. The van der Waals surface area contributed by atoms with Crippen molar-refractivity contribution in [2.75, 3.05) is 32.8 Å². The van der Waals surface area contributed by atoms with E-state index in [9.17, 15) is 9.59 Å². The number of hydrogen-bond acceptors (Lipinski definition) is 5. The van der Waals surface area contributed by atoms with Gasteiger partial charge in [0.05, 0.1) is 13.2 Å². The standard InChI is InChI=1S/C13H20N4O4/c1-9(7-17-3-5-21-6-4-17)14-12(18)11-10(13(19)20)8-16(2)15-11/h8-9H,3-7H2,1-2H3,(H,14,18)(H,19,20)/t9-/m0/s1. The van der Waals surface area contributed by atoms with Crippen LogP contribution in [0.4, 0.5) is 0 Å². The molecule has 0 aromatic carbocycles. The Kier molecular flexibility index (Phi) is 4.92. The first kappa shape index (κ1) is 15.5. The molecule has 0 unspecified atom stereocenters. The van der Waals surface area contributed by atoms with Gasteiger partial charge in [-0.1, -0.05) is 0 Å². The number of aryl methyl sites for hydroxylation is 1. The number of morpholine rings is 1. The molecule has 1 atom stereocenters. The zero-order valence-corrected chi connectivity index (χ0v) is 12.2. The van der Waals surface area contributed by atoms with Crippen LogP contribution in [-0.4, -0.2) is 70.6 Å². The van der Waals surface area contributed by atoms with Crippen molar-refractivity contribution in [1.29, 1.82) is 0 Å². The molecule has 1 aliphatic heterocycles. The van der Waals surface area contributed by atoms with Crippen LogP contribution in [0.3, 0.4) is 0 Å². The number of nitrogens with one attached hydrogen (secondary N) is 1. The molecule has 0 radical (unpaired) electrons. The van der Waals surface area contributed by atoms with Crippen molar-refractivity contribution >= 4 is 11.9 Å². The topological polar surface area (TPSA) is 96.7 Å². The van der Waals surface area contributed by atoms with Gasteiger partial charge in [-0.2, -0.15) is 5.10 Å². The molecule has 2 N–H and O–H groups in total. The van der Waals surface area contributed by atoms with Gasteiger partial charge in [-0.05, 0) is 6.92 Å². The van der Waals surface area contributed by atoms with E-state index in [0.29, 0.717) is 19.8 Å². The normalized spacial score (nSPS) is 17.4. The van der Waals surface area contributed by atoms with Crippen molar-refractivity contribution in [1.82, 2.24) is 20.0 Å². The van der Waals surface area contributed by atoms with E-state index in [-0.39, 0.29) is 17.3 Å². The SMILES string of the molecule is C[C@@H](CN1CCOCC1)NC(=O)c1nn(C)cc1C(=O)O. The van der Waals surface area contributed by atoms with Gasteiger partial charge >= 0.3 is 5.97 Å². The molecule has 1 aliphatic rings. The predicted molar refractivity (Wildman–Crippen MR) is 74.4 cm³/mol. The molecule has 1 aromatic rings. The van der Waals surface area contributed by atoms with Gasteiger partial charge in [0.15, 0.2) is 5.69 Å². The highest BCUT2D eigenvalue weighted by Crippen LogP contribution is 2.07. The third-order valence-corrected chi connectivity index (χ3v) is 3.29. The average molecular weight is 296 g/mol. The van der Waals surface area contributed by atoms with Gasteiger partial charge in [0, 0.05) is 38.9 Å². The lowest BCUT2D eigenvalue weighted by atomic mass is 10.2. The number of aromatic carboxylic acids is 1. The first-order valence-electron chi connectivity index (χ1n) is 6.85. The quantitative estimate of drug-likeness (QED) is 0.765. The third-order valence-electron chi connectivity index (χ3n) is 3.29. The van der Waals surface area contributed by atoms with Crippen molar-refractivity contribution in [3.05, 3.63) is 17.5 Å². The number of ether oxygens (including phenoxy) is 1. The second-order valence-electron chi connectivity index (χ2n) is 5.16. The molecule has 0 spiro atoms. The summed E-state index contributed by atoms with van der Waals surface area (Å²) in [6.45, 7) is 5.66. The van der Waals surface area contributed by atoms with Crippen LogP contribution >= 0.6 is 0 Å². The number of carboxylic acid groups (broad SMARTS) is 1. The summed E-state index contributed by atoms with van der Waals surface area (Å²) in [6, 6.07) is -0.0979. The summed E-state index contributed by atoms with van der Waals surface area (Å²) in [5.41, 5.74) is -0.146. The summed E-state index contributed by atoms with van der Waals surface area (Å²) in [5.74, 6) is -1.62. The molecule has 1 amide bonds. The van der Waals surface area contributed by atoms with Crippen molar-refractivity contribution in [3.63, 3.8) is 0 Å². The molecule has 8 heteroatoms. The van der Waals surface area contributed by atoms with Gasteiger partial charge in [-0.25, -0.2) is 4.79 Å². The van der Waals surface area contributed by atoms with E-state index in [1.165, 1.54) is 10.9 Å². The Balaban J connectivity index is 1.95. The van der Waals surface area contributed by atoms with Crippen molar-refractivity contribution in [3.8, 4) is 0 Å². The Morgan fingerprint density at radius 1 is 1.48 bits per heavy atom. The smallest absolute Gasteiger partial charge is 0.339 e. The maximum absolute atomic E-state index is 12.1. The van der Waals surface area contributed by atoms with Crippen molar-refractivity contribution in [2.24, 2.45) is 7.05 Å². The van der Waals surface area contributed by atoms with Crippen LogP contribution in [0.25, 0.3) is 0 Å². The van der Waals surface area contributed by atoms with E-state index in [4.69, 9.17) is 9.84 Å². The highest BCUT2D eigenvalue weighted by atomic mass is 16.5. The Hall–Kier alpha value is -1.93. The fourth-order valence-electron chi connectivity index (χ4n) is 2.32. The van der Waals surface area contributed by atoms with E-state index >= 15 is 0 Å². The maximum atomic E-state index is 12.1. The number of nitrogens with zero attached hydrogens (tertiary/aromatic N) is 3. The summed E-state index contributed by atoms with van der Waals surface area (Å²) >= 11 is 0. The summed E-state index contributed by atoms with van der Waals surface area (Å²) in [7, 11) is 1.58. The monoisotopic (exact) mass is 296 g/mol. The van der Waals surface area contributed by atoms with Crippen LogP contribution in [0, 0.1) is 0 Å². The van der Waals surface area contributed by atoms with Gasteiger partial charge in [0.25, 0.3) is 5.91 Å². The van der Waals surface area contributed by atoms with Gasteiger partial charge in [0.1, 0.15) is 5.56 Å². The molecule has 21 heavy (non-hydrogen) atoms. The van der Waals surface area contributed by atoms with Crippen LogP contribution in [0.2, 0.25) is 0 Å². The largest absolute Gasteiger partial charge is 0.478 e. The van der Waals surface area contributed by atoms with E-state index in [1.807, 2.05) is 6.92 Å². The molecule has 1 aromatic heterocycles. The van der Waals surface area contributed by atoms with Crippen molar-refractivity contribution in [2.45, 2.75) is 13.0 Å². The van der Waals surface area contributed by atoms with Gasteiger partial charge in [-0.3, -0.25) is 14.4 Å². The predicted octanol–water partition coefficient (Wildman–Crippen LogP) is -0.431. The zero-order valence-electron chi connectivity index (χ0n) is 12.2. The van der Waals surface area contributed by atoms with Gasteiger partial charge < -0.3 is 15.2 Å². The fourth-order valence-corrected chi connectivity index (χ4v) is 2.32. The molecule has 2 rings (SSSR count). The Labute approximate surface area is 122 Å². The Morgan fingerprint density at radius 3 is 2.76 bits per heavy atom. The van der Waals surface area contributed by atoms with E-state index < -0.39 is 11.9 Å². The molecule has 0 aliphatic carbocycles. The summed E-state index contributed by atoms with van der Waals surface area (Å²) in [4.78, 5) is 25.4. The minimum absolute atomic E-state index is 0.0566. The third kappa shape index (κ3) is 4.02. The number of hydrogen-bond donors (Lipinski definition) is 2. The summed E-state index contributed by atoms with van der Waals surface area (Å²) < 4.78 is 6.59. The Morgan fingerprint density at radius 2 is 2.14 bits per heavy atom. The molecule has 0 saturated carbocycles. The van der Waals surface area contributed by atoms with Crippen molar-refractivity contribution < 1.29 is 19.4 Å². The minimum atomic E-state index is -1.16. The lowest BCUT2D eigenvalue weighted by molar-refractivity contribution is 0.0342. The number of aromatic nitrogens is 2. The molecule has 0 bridgehead atoms. The molecule has 1 saturated heterocycles. The second-order valence-corrected chi connectivity index (χ2v) is 5.16. The van der Waals surface area contributed by atoms with E-state index in [2.05, 4.69) is 15.3 Å². The number of rotatable bonds is 5. The van der Waals surface area contributed by atoms with E-state index in [1.54, 1.807) is 7.05 Å². The highest BCUT2D eigenvalue weighted by Gasteiger charge is 2.23. The molecular weight excluding hydrogens is 276 g/mol. The molecule has 116 valence electrons. The van der Waals surface area contributed by atoms with Crippen LogP contribution in [0.15, 0.2) is 6.20 Å². The minimum Gasteiger partial charge on any atom is -0.478 e. The maximum Gasteiger partial charge on any atom is 0.339 e. The Bertz CT molecular complexity index is 522. The van der Waals surface area contributed by atoms with Crippen LogP contribution < -0.4 is 5.32 Å². The number of amides is 1. The fraction of sp³-hybridized carbons (Fsp3) is 0.615. The van der Waals surface area contributed by atoms with Crippen LogP contribution in [0.5, 0.6) is 0 Å².